The molecule has 1 aromatic carbocycles. The van der Waals surface area contributed by atoms with E-state index in [9.17, 15) is 9.18 Å². The summed E-state index contributed by atoms with van der Waals surface area (Å²) < 4.78 is 14.2. The fourth-order valence-corrected chi connectivity index (χ4v) is 2.06. The molecule has 5 heteroatoms. The van der Waals surface area contributed by atoms with Gasteiger partial charge in [0.25, 0.3) is 5.56 Å². The lowest BCUT2D eigenvalue weighted by Crippen LogP contribution is -2.14. The first-order valence-electron chi connectivity index (χ1n) is 5.68. The smallest absolute Gasteiger partial charge is 0.252 e. The Morgan fingerprint density at radius 3 is 2.89 bits per heavy atom. The zero-order valence-electron chi connectivity index (χ0n) is 9.97. The Balaban J connectivity index is 2.48. The van der Waals surface area contributed by atoms with Crippen LogP contribution in [0.25, 0.3) is 21.8 Å². The first-order valence-corrected chi connectivity index (χ1v) is 5.68. The van der Waals surface area contributed by atoms with Crippen LogP contribution >= 0.6 is 0 Å². The van der Waals surface area contributed by atoms with Crippen molar-refractivity contribution in [1.82, 2.24) is 15.2 Å². The second-order valence-electron chi connectivity index (χ2n) is 4.59. The van der Waals surface area contributed by atoms with Crippen LogP contribution in [-0.4, -0.2) is 15.2 Å². The van der Waals surface area contributed by atoms with E-state index in [1.54, 1.807) is 12.3 Å². The van der Waals surface area contributed by atoms with Crippen LogP contribution in [0.4, 0.5) is 4.39 Å². The van der Waals surface area contributed by atoms with Crippen molar-refractivity contribution in [3.63, 3.8) is 0 Å². The summed E-state index contributed by atoms with van der Waals surface area (Å²) >= 11 is 0. The Labute approximate surface area is 102 Å². The van der Waals surface area contributed by atoms with E-state index in [0.717, 1.165) is 0 Å². The van der Waals surface area contributed by atoms with Gasteiger partial charge in [0.05, 0.1) is 11.7 Å². The highest BCUT2D eigenvalue weighted by Crippen LogP contribution is 2.24. The molecule has 0 aliphatic carbocycles. The highest BCUT2D eigenvalue weighted by molar-refractivity contribution is 5.95. The molecular formula is C13H11FN3O. The van der Waals surface area contributed by atoms with Crippen molar-refractivity contribution in [2.45, 2.75) is 19.8 Å². The van der Waals surface area contributed by atoms with Crippen LogP contribution < -0.4 is 5.56 Å². The Kier molecular flexibility index (Phi) is 2.23. The summed E-state index contributed by atoms with van der Waals surface area (Å²) in [5.74, 6) is -0.454. The van der Waals surface area contributed by atoms with Gasteiger partial charge in [0.15, 0.2) is 5.82 Å². The molecule has 2 aromatic heterocycles. The molecule has 0 bridgehead atoms. The highest BCUT2D eigenvalue weighted by Gasteiger charge is 2.13. The second-order valence-corrected chi connectivity index (χ2v) is 4.59. The predicted molar refractivity (Wildman–Crippen MR) is 67.1 cm³/mol. The molecule has 4 nitrogen and oxygen atoms in total. The Bertz CT molecular complexity index is 801. The van der Waals surface area contributed by atoms with Gasteiger partial charge in [-0.3, -0.25) is 9.89 Å². The van der Waals surface area contributed by atoms with Gasteiger partial charge in [-0.05, 0) is 12.0 Å². The average Bonchev–Trinajstić information content (AvgIpc) is 2.78. The molecular weight excluding hydrogens is 233 g/mol. The molecule has 0 spiro atoms. The summed E-state index contributed by atoms with van der Waals surface area (Å²) in [4.78, 5) is 14.4. The van der Waals surface area contributed by atoms with Crippen LogP contribution in [0.2, 0.25) is 0 Å². The monoisotopic (exact) mass is 244 g/mol. The number of halogens is 1. The molecule has 0 aliphatic rings. The van der Waals surface area contributed by atoms with Gasteiger partial charge in [0.1, 0.15) is 5.52 Å². The summed E-state index contributed by atoms with van der Waals surface area (Å²) in [6.45, 7) is 3.80. The lowest BCUT2D eigenvalue weighted by Gasteiger charge is -2.06. The maximum absolute atomic E-state index is 14.2. The predicted octanol–water partition coefficient (Wildman–Crippen LogP) is 2.47. The summed E-state index contributed by atoms with van der Waals surface area (Å²) in [6.07, 6.45) is 1.55. The molecule has 18 heavy (non-hydrogen) atoms. The lowest BCUT2D eigenvalue weighted by molar-refractivity contribution is 0.644. The number of hydrogen-bond donors (Lipinski definition) is 2. The molecule has 3 rings (SSSR count). The van der Waals surface area contributed by atoms with Crippen molar-refractivity contribution < 1.29 is 4.39 Å². The van der Waals surface area contributed by atoms with Crippen LogP contribution in [0.1, 0.15) is 25.3 Å². The van der Waals surface area contributed by atoms with E-state index >= 15 is 0 Å². The number of aromatic amines is 2. The normalized spacial score (nSPS) is 11.8. The number of fused-ring (bicyclic) bond motifs is 2. The standard InChI is InChI=1S/C13H11FN3O/c1-6(2)9-4-7-3-8-5-15-17-12(8)10(14)11(7)16-13(9)18/h3,5-6H,1-2H3,(H,15,17)(H,16,18). The maximum atomic E-state index is 14.2. The number of aromatic nitrogens is 3. The number of benzene rings is 1. The van der Waals surface area contributed by atoms with Crippen molar-refractivity contribution in [3.8, 4) is 0 Å². The van der Waals surface area contributed by atoms with Gasteiger partial charge in [0, 0.05) is 22.4 Å². The lowest BCUT2D eigenvalue weighted by atomic mass is 10.0. The van der Waals surface area contributed by atoms with E-state index in [4.69, 9.17) is 0 Å². The molecule has 0 saturated heterocycles. The summed E-state index contributed by atoms with van der Waals surface area (Å²) in [5, 5.41) is 7.59. The minimum atomic E-state index is -0.497. The number of pyridine rings is 1. The van der Waals surface area contributed by atoms with Crippen molar-refractivity contribution in [2.24, 2.45) is 0 Å². The summed E-state index contributed by atoms with van der Waals surface area (Å²) in [6, 6.07) is 4.75. The summed E-state index contributed by atoms with van der Waals surface area (Å²) in [7, 11) is 0. The molecule has 91 valence electrons. The summed E-state index contributed by atoms with van der Waals surface area (Å²) in [5.41, 5.74) is 0.699. The molecule has 2 heterocycles. The molecule has 0 saturated carbocycles. The third-order valence-electron chi connectivity index (χ3n) is 3.01. The van der Waals surface area contributed by atoms with Crippen LogP contribution in [-0.2, 0) is 0 Å². The Morgan fingerprint density at radius 2 is 2.17 bits per heavy atom. The van der Waals surface area contributed by atoms with E-state index in [-0.39, 0.29) is 17.0 Å². The molecule has 0 unspecified atom stereocenters. The van der Waals surface area contributed by atoms with E-state index in [0.29, 0.717) is 21.9 Å². The Morgan fingerprint density at radius 1 is 1.39 bits per heavy atom. The fraction of sp³-hybridized carbons (Fsp3) is 0.231. The molecule has 0 fully saturated rings. The van der Waals surface area contributed by atoms with Gasteiger partial charge in [-0.2, -0.15) is 5.10 Å². The van der Waals surface area contributed by atoms with Crippen molar-refractivity contribution in [2.75, 3.05) is 0 Å². The van der Waals surface area contributed by atoms with Crippen LogP contribution in [0.15, 0.2) is 17.1 Å². The van der Waals surface area contributed by atoms with E-state index in [1.807, 2.05) is 13.8 Å². The van der Waals surface area contributed by atoms with Gasteiger partial charge < -0.3 is 4.98 Å². The van der Waals surface area contributed by atoms with Gasteiger partial charge in [-0.15, -0.1) is 0 Å². The zero-order valence-corrected chi connectivity index (χ0v) is 9.97. The number of nitrogens with zero attached hydrogens (tertiary/aromatic N) is 1. The largest absolute Gasteiger partial charge is 0.319 e. The molecule has 2 N–H and O–H groups in total. The fourth-order valence-electron chi connectivity index (χ4n) is 2.06. The molecule has 0 amide bonds. The topological polar surface area (TPSA) is 61.5 Å². The average molecular weight is 244 g/mol. The third kappa shape index (κ3) is 1.44. The van der Waals surface area contributed by atoms with E-state index in [1.165, 1.54) is 0 Å². The number of H-pyrrole nitrogens is 2. The molecule has 0 atom stereocenters. The minimum absolute atomic E-state index is 0.0428. The zero-order chi connectivity index (χ0) is 12.9. The quantitative estimate of drug-likeness (QED) is 0.690. The van der Waals surface area contributed by atoms with E-state index in [2.05, 4.69) is 21.2 Å². The van der Waals surface area contributed by atoms with Crippen LogP contribution in [0.5, 0.6) is 0 Å². The van der Waals surface area contributed by atoms with Crippen LogP contribution in [0, 0.1) is 11.9 Å². The molecule has 1 radical (unpaired) electrons. The van der Waals surface area contributed by atoms with Crippen molar-refractivity contribution in [3.05, 3.63) is 40.1 Å². The molecule has 3 aromatic rings. The van der Waals surface area contributed by atoms with Gasteiger partial charge >= 0.3 is 0 Å². The first-order chi connectivity index (χ1) is 8.58. The number of nitrogens with one attached hydrogen (secondary N) is 2. The van der Waals surface area contributed by atoms with Gasteiger partial charge in [-0.1, -0.05) is 13.8 Å². The first kappa shape index (κ1) is 11.0. The van der Waals surface area contributed by atoms with Gasteiger partial charge in [-0.25, -0.2) is 4.39 Å². The molecule has 0 aliphatic heterocycles. The van der Waals surface area contributed by atoms with Crippen molar-refractivity contribution >= 4 is 21.8 Å². The minimum Gasteiger partial charge on any atom is -0.319 e. The SMILES string of the molecule is CC(C)c1[c]c2cc3cn[nH]c3c(F)c2[nH]c1=O. The van der Waals surface area contributed by atoms with Crippen LogP contribution in [0.3, 0.4) is 0 Å². The number of hydrogen-bond acceptors (Lipinski definition) is 2. The highest BCUT2D eigenvalue weighted by atomic mass is 19.1. The van der Waals surface area contributed by atoms with E-state index < -0.39 is 5.82 Å². The van der Waals surface area contributed by atoms with Gasteiger partial charge in [0.2, 0.25) is 0 Å². The second kappa shape index (κ2) is 3.66. The maximum Gasteiger partial charge on any atom is 0.252 e. The van der Waals surface area contributed by atoms with Crippen molar-refractivity contribution in [1.29, 1.82) is 0 Å². The number of rotatable bonds is 1. The Hall–Kier alpha value is -2.17. The third-order valence-corrected chi connectivity index (χ3v) is 3.01.